The summed E-state index contributed by atoms with van der Waals surface area (Å²) in [5, 5.41) is 3.44. The predicted molar refractivity (Wildman–Crippen MR) is 77.8 cm³/mol. The molecule has 0 radical (unpaired) electrons. The van der Waals surface area contributed by atoms with Gasteiger partial charge in [0.2, 0.25) is 0 Å². The highest BCUT2D eigenvalue weighted by molar-refractivity contribution is 5.26. The van der Waals surface area contributed by atoms with Gasteiger partial charge in [-0.25, -0.2) is 0 Å². The van der Waals surface area contributed by atoms with Gasteiger partial charge in [0.1, 0.15) is 0 Å². The Kier molecular flexibility index (Phi) is 7.70. The molecule has 0 amide bonds. The third-order valence-corrected chi connectivity index (χ3v) is 2.83. The first-order valence-corrected chi connectivity index (χ1v) is 7.09. The third-order valence-electron chi connectivity index (χ3n) is 2.83. The molecule has 0 aliphatic rings. The fraction of sp³-hybridized carbons (Fsp3) is 0.625. The van der Waals surface area contributed by atoms with Crippen LogP contribution < -0.4 is 5.32 Å². The van der Waals surface area contributed by atoms with Gasteiger partial charge in [-0.05, 0) is 43.0 Å². The first-order valence-electron chi connectivity index (χ1n) is 7.09. The number of hydrogen-bond donors (Lipinski definition) is 1. The zero-order chi connectivity index (χ0) is 13.2. The third kappa shape index (κ3) is 6.18. The summed E-state index contributed by atoms with van der Waals surface area (Å²) in [5.74, 6) is 0.600. The van der Waals surface area contributed by atoms with Gasteiger partial charge in [-0.2, -0.15) is 0 Å². The Bertz CT molecular complexity index is 323. The van der Waals surface area contributed by atoms with Crippen molar-refractivity contribution in [2.24, 2.45) is 5.92 Å². The van der Waals surface area contributed by atoms with Crippen LogP contribution in [0.5, 0.6) is 0 Å². The molecule has 0 aromatic heterocycles. The summed E-state index contributed by atoms with van der Waals surface area (Å²) in [6.07, 6.45) is 2.28. The second-order valence-electron chi connectivity index (χ2n) is 5.18. The predicted octanol–water partition coefficient (Wildman–Crippen LogP) is 3.40. The Balaban J connectivity index is 2.40. The van der Waals surface area contributed by atoms with E-state index < -0.39 is 0 Å². The molecule has 1 N–H and O–H groups in total. The van der Waals surface area contributed by atoms with E-state index in [1.165, 1.54) is 17.5 Å². The molecule has 0 spiro atoms. The molecule has 0 fully saturated rings. The summed E-state index contributed by atoms with van der Waals surface area (Å²) in [7, 11) is 0. The molecule has 0 aliphatic heterocycles. The van der Waals surface area contributed by atoms with Gasteiger partial charge in [0.25, 0.3) is 0 Å². The maximum atomic E-state index is 5.73. The molecule has 2 heteroatoms. The van der Waals surface area contributed by atoms with E-state index in [1.807, 2.05) is 0 Å². The Morgan fingerprint density at radius 1 is 1.11 bits per heavy atom. The quantitative estimate of drug-likeness (QED) is 0.677. The lowest BCUT2D eigenvalue weighted by atomic mass is 10.1. The standard InChI is InChI=1S/C16H27NO/c1-4-10-17-11-9-15-7-5-6-8-16(15)13-18-12-14(2)3/h5-8,14,17H,4,9-13H2,1-3H3. The minimum atomic E-state index is 0.600. The SMILES string of the molecule is CCCNCCc1ccccc1COCC(C)C. The maximum Gasteiger partial charge on any atom is 0.0719 e. The molecule has 0 atom stereocenters. The van der Waals surface area contributed by atoms with Crippen LogP contribution in [0, 0.1) is 5.92 Å². The van der Waals surface area contributed by atoms with Crippen molar-refractivity contribution in [3.8, 4) is 0 Å². The summed E-state index contributed by atoms with van der Waals surface area (Å²) in [4.78, 5) is 0. The Hall–Kier alpha value is -0.860. The van der Waals surface area contributed by atoms with Gasteiger partial charge in [0, 0.05) is 6.61 Å². The van der Waals surface area contributed by atoms with Gasteiger partial charge >= 0.3 is 0 Å². The molecule has 2 nitrogen and oxygen atoms in total. The van der Waals surface area contributed by atoms with E-state index in [0.29, 0.717) is 5.92 Å². The Labute approximate surface area is 112 Å². The van der Waals surface area contributed by atoms with E-state index in [9.17, 15) is 0 Å². The van der Waals surface area contributed by atoms with E-state index in [2.05, 4.69) is 50.4 Å². The van der Waals surface area contributed by atoms with E-state index in [0.717, 1.165) is 32.7 Å². The number of benzene rings is 1. The highest BCUT2D eigenvalue weighted by Gasteiger charge is 2.02. The van der Waals surface area contributed by atoms with Crippen molar-refractivity contribution < 1.29 is 4.74 Å². The van der Waals surface area contributed by atoms with Crippen LogP contribution in [0.4, 0.5) is 0 Å². The molecule has 1 aromatic carbocycles. The van der Waals surface area contributed by atoms with Crippen molar-refractivity contribution >= 4 is 0 Å². The first kappa shape index (κ1) is 15.2. The highest BCUT2D eigenvalue weighted by atomic mass is 16.5. The zero-order valence-corrected chi connectivity index (χ0v) is 12.0. The largest absolute Gasteiger partial charge is 0.376 e. The molecule has 102 valence electrons. The average molecular weight is 249 g/mol. The number of hydrogen-bond acceptors (Lipinski definition) is 2. The molecule has 0 unspecified atom stereocenters. The van der Waals surface area contributed by atoms with Crippen LogP contribution in [0.1, 0.15) is 38.3 Å². The van der Waals surface area contributed by atoms with Gasteiger partial charge in [0.15, 0.2) is 0 Å². The number of ether oxygens (including phenoxy) is 1. The molecule has 0 saturated carbocycles. The summed E-state index contributed by atoms with van der Waals surface area (Å²) < 4.78 is 5.73. The molecular formula is C16H27NO. The van der Waals surface area contributed by atoms with Crippen LogP contribution in [0.3, 0.4) is 0 Å². The molecule has 0 aliphatic carbocycles. The fourth-order valence-electron chi connectivity index (χ4n) is 1.87. The highest BCUT2D eigenvalue weighted by Crippen LogP contribution is 2.11. The van der Waals surface area contributed by atoms with Gasteiger partial charge in [-0.3, -0.25) is 0 Å². The summed E-state index contributed by atoms with van der Waals surface area (Å²) in [6.45, 7) is 10.3. The van der Waals surface area contributed by atoms with E-state index in [1.54, 1.807) is 0 Å². The molecule has 1 aromatic rings. The number of rotatable bonds is 9. The van der Waals surface area contributed by atoms with Crippen molar-refractivity contribution in [1.29, 1.82) is 0 Å². The van der Waals surface area contributed by atoms with Crippen molar-refractivity contribution in [2.75, 3.05) is 19.7 Å². The van der Waals surface area contributed by atoms with Crippen LogP contribution >= 0.6 is 0 Å². The second-order valence-corrected chi connectivity index (χ2v) is 5.18. The molecule has 18 heavy (non-hydrogen) atoms. The second kappa shape index (κ2) is 9.12. The summed E-state index contributed by atoms with van der Waals surface area (Å²) >= 11 is 0. The van der Waals surface area contributed by atoms with Crippen LogP contribution in [-0.4, -0.2) is 19.7 Å². The van der Waals surface area contributed by atoms with Gasteiger partial charge in [-0.1, -0.05) is 45.0 Å². The van der Waals surface area contributed by atoms with Crippen molar-refractivity contribution in [2.45, 2.75) is 40.2 Å². The smallest absolute Gasteiger partial charge is 0.0719 e. The normalized spacial score (nSPS) is 11.1. The fourth-order valence-corrected chi connectivity index (χ4v) is 1.87. The average Bonchev–Trinajstić information content (AvgIpc) is 2.36. The van der Waals surface area contributed by atoms with E-state index in [4.69, 9.17) is 4.74 Å². The number of nitrogens with one attached hydrogen (secondary N) is 1. The van der Waals surface area contributed by atoms with Crippen molar-refractivity contribution in [3.05, 3.63) is 35.4 Å². The van der Waals surface area contributed by atoms with Crippen LogP contribution in [0.2, 0.25) is 0 Å². The van der Waals surface area contributed by atoms with Crippen molar-refractivity contribution in [3.63, 3.8) is 0 Å². The lowest BCUT2D eigenvalue weighted by molar-refractivity contribution is 0.0966. The molecule has 0 bridgehead atoms. The summed E-state index contributed by atoms with van der Waals surface area (Å²) in [5.41, 5.74) is 2.74. The lowest BCUT2D eigenvalue weighted by Gasteiger charge is -2.11. The van der Waals surface area contributed by atoms with Crippen LogP contribution in [0.25, 0.3) is 0 Å². The Morgan fingerprint density at radius 3 is 2.50 bits per heavy atom. The molecular weight excluding hydrogens is 222 g/mol. The monoisotopic (exact) mass is 249 g/mol. The van der Waals surface area contributed by atoms with Crippen LogP contribution in [0.15, 0.2) is 24.3 Å². The van der Waals surface area contributed by atoms with Crippen LogP contribution in [-0.2, 0) is 17.8 Å². The lowest BCUT2D eigenvalue weighted by Crippen LogP contribution is -2.18. The molecule has 0 saturated heterocycles. The topological polar surface area (TPSA) is 21.3 Å². The van der Waals surface area contributed by atoms with E-state index in [-0.39, 0.29) is 0 Å². The molecule has 0 heterocycles. The minimum Gasteiger partial charge on any atom is -0.376 e. The van der Waals surface area contributed by atoms with Gasteiger partial charge in [0.05, 0.1) is 6.61 Å². The van der Waals surface area contributed by atoms with E-state index >= 15 is 0 Å². The zero-order valence-electron chi connectivity index (χ0n) is 12.0. The van der Waals surface area contributed by atoms with Gasteiger partial charge < -0.3 is 10.1 Å². The molecule has 1 rings (SSSR count). The Morgan fingerprint density at radius 2 is 1.83 bits per heavy atom. The summed E-state index contributed by atoms with van der Waals surface area (Å²) in [6, 6.07) is 8.59. The first-order chi connectivity index (χ1) is 8.74. The minimum absolute atomic E-state index is 0.600. The van der Waals surface area contributed by atoms with Gasteiger partial charge in [-0.15, -0.1) is 0 Å². The maximum absolute atomic E-state index is 5.73. The van der Waals surface area contributed by atoms with Crippen molar-refractivity contribution in [1.82, 2.24) is 5.32 Å².